The minimum atomic E-state index is -4.76. The van der Waals surface area contributed by atoms with E-state index in [2.05, 4.69) is 15.1 Å². The van der Waals surface area contributed by atoms with E-state index in [1.54, 1.807) is 66.7 Å². The third-order valence-electron chi connectivity index (χ3n) is 8.31. The van der Waals surface area contributed by atoms with E-state index < -0.39 is 80.6 Å². The molecule has 1 amide bonds. The lowest BCUT2D eigenvalue weighted by atomic mass is 10.0. The van der Waals surface area contributed by atoms with Crippen LogP contribution in [0.25, 0.3) is 21.2 Å². The van der Waals surface area contributed by atoms with Gasteiger partial charge in [0.05, 0.1) is 13.0 Å². The molecule has 0 radical (unpaired) electrons. The predicted octanol–water partition coefficient (Wildman–Crippen LogP) is 5.39. The normalized spacial score (nSPS) is 22.5. The summed E-state index contributed by atoms with van der Waals surface area (Å²) in [6.45, 7) is 3.23. The molecule has 3 aromatic rings. The van der Waals surface area contributed by atoms with Crippen LogP contribution >= 0.6 is 7.75 Å². The molecule has 2 aliphatic heterocycles. The predicted molar refractivity (Wildman–Crippen MR) is 190 cm³/mol. The summed E-state index contributed by atoms with van der Waals surface area (Å²) in [5.41, 5.74) is 8.03. The van der Waals surface area contributed by atoms with Crippen LogP contribution < -0.4 is 9.61 Å². The lowest BCUT2D eigenvalue weighted by Crippen LogP contribution is -2.50. The van der Waals surface area contributed by atoms with Crippen molar-refractivity contribution >= 4 is 48.1 Å². The molecule has 2 heterocycles. The summed E-state index contributed by atoms with van der Waals surface area (Å²) < 4.78 is 49.6. The zero-order valence-corrected chi connectivity index (χ0v) is 30.5. The average molecular weight is 764 g/mol. The van der Waals surface area contributed by atoms with Crippen molar-refractivity contribution in [1.82, 2.24) is 9.99 Å². The van der Waals surface area contributed by atoms with Crippen LogP contribution in [0, 0.1) is 0 Å². The molecule has 1 saturated heterocycles. The van der Waals surface area contributed by atoms with Crippen LogP contribution in [-0.4, -0.2) is 71.3 Å². The summed E-state index contributed by atoms with van der Waals surface area (Å²) in [6, 6.07) is 19.5. The fraction of sp³-hybridized carbons (Fsp3) is 0.361. The Labute approximate surface area is 309 Å². The Hall–Kier alpha value is -5.57. The number of ether oxygens (including phenoxy) is 4. The smallest absolute Gasteiger partial charge is 0.459 e. The first-order valence-electron chi connectivity index (χ1n) is 17.0. The van der Waals surface area contributed by atoms with Crippen molar-refractivity contribution in [2.75, 3.05) is 6.61 Å². The first kappa shape index (κ1) is 39.6. The molecule has 2 aliphatic rings. The van der Waals surface area contributed by atoms with Crippen LogP contribution in [0.2, 0.25) is 0 Å². The number of hydrogen-bond donors (Lipinski definition) is 1. The maximum atomic E-state index is 14.8. The second kappa shape index (κ2) is 17.5. The minimum absolute atomic E-state index is 0.0780. The van der Waals surface area contributed by atoms with Gasteiger partial charge in [0, 0.05) is 29.3 Å². The molecule has 18 heteroatoms. The summed E-state index contributed by atoms with van der Waals surface area (Å²) in [7, 11) is -4.76. The van der Waals surface area contributed by atoms with Gasteiger partial charge in [0.15, 0.2) is 24.2 Å². The summed E-state index contributed by atoms with van der Waals surface area (Å²) in [5, 5.41) is 7.58. The highest BCUT2D eigenvalue weighted by atomic mass is 31.2. The number of carbonyl (C=O) groups excluding carboxylic acids is 5. The summed E-state index contributed by atoms with van der Waals surface area (Å²) in [6.07, 6.45) is -3.77. The Bertz CT molecular complexity index is 2020. The van der Waals surface area contributed by atoms with Crippen LogP contribution in [0.15, 0.2) is 90.2 Å². The number of ketones is 1. The fourth-order valence-corrected chi connectivity index (χ4v) is 7.13. The molecule has 1 fully saturated rings. The Morgan fingerprint density at radius 3 is 2.41 bits per heavy atom. The maximum Gasteiger partial charge on any atom is 0.459 e. The summed E-state index contributed by atoms with van der Waals surface area (Å²) in [4.78, 5) is 67.6. The molecular formula is C36H38N5O12P. The Morgan fingerprint density at radius 1 is 1.02 bits per heavy atom. The van der Waals surface area contributed by atoms with Gasteiger partial charge in [-0.05, 0) is 35.5 Å². The number of rotatable bonds is 16. The van der Waals surface area contributed by atoms with E-state index in [9.17, 15) is 34.1 Å². The summed E-state index contributed by atoms with van der Waals surface area (Å²) >= 11 is 0. The van der Waals surface area contributed by atoms with Crippen LogP contribution in [0.5, 0.6) is 5.75 Å². The first-order valence-corrected chi connectivity index (χ1v) is 18.5. The summed E-state index contributed by atoms with van der Waals surface area (Å²) in [5.74, 6) is -3.67. The zero-order chi connectivity index (χ0) is 38.9. The van der Waals surface area contributed by atoms with Gasteiger partial charge in [0.2, 0.25) is 11.6 Å². The van der Waals surface area contributed by atoms with Crippen molar-refractivity contribution in [3.8, 4) is 5.75 Å². The quantitative estimate of drug-likeness (QED) is 0.0368. The van der Waals surface area contributed by atoms with Crippen LogP contribution in [0.1, 0.15) is 45.6 Å². The minimum Gasteiger partial charge on any atom is -0.460 e. The highest BCUT2D eigenvalue weighted by Gasteiger charge is 2.62. The van der Waals surface area contributed by atoms with Gasteiger partial charge in [0.1, 0.15) is 18.4 Å². The van der Waals surface area contributed by atoms with Gasteiger partial charge < -0.3 is 23.5 Å². The number of fused-ring (bicyclic) bond motifs is 1. The molecule has 0 aliphatic carbocycles. The largest absolute Gasteiger partial charge is 0.460 e. The standard InChI is InChI=1S/C36H38N5O12P/c1-4-30(44)50-32-33(51-31(45)5-2)36(39-40-37,52-34(32)41-19-18-26(42)20-29(41)43)22-49-54(47,53-28-17-11-15-25-14-9-10-16-27(25)28)38-23(3)35(46)48-21-24-12-7-6-8-13-24/h6-19,23,32-34H,4-5,20-22H2,1-3H3,(H,38,47)/t23-,32+,33-,34+,36+,54?/m0/s1. The first-order chi connectivity index (χ1) is 25.9. The molecular weight excluding hydrogens is 725 g/mol. The molecule has 0 saturated carbocycles. The van der Waals surface area contributed by atoms with E-state index in [4.69, 9.17) is 28.0 Å². The number of hydrogen-bond acceptors (Lipinski definition) is 13. The molecule has 1 unspecified atom stereocenters. The number of benzene rings is 3. The monoisotopic (exact) mass is 763 g/mol. The van der Waals surface area contributed by atoms with Crippen molar-refractivity contribution in [2.24, 2.45) is 5.11 Å². The van der Waals surface area contributed by atoms with Crippen LogP contribution in [0.3, 0.4) is 0 Å². The molecule has 54 heavy (non-hydrogen) atoms. The van der Waals surface area contributed by atoms with E-state index in [0.29, 0.717) is 16.3 Å². The van der Waals surface area contributed by atoms with Gasteiger partial charge in [-0.15, -0.1) is 0 Å². The van der Waals surface area contributed by atoms with E-state index >= 15 is 0 Å². The number of amides is 1. The molecule has 0 spiro atoms. The van der Waals surface area contributed by atoms with Crippen molar-refractivity contribution in [3.05, 3.63) is 101 Å². The van der Waals surface area contributed by atoms with Crippen LogP contribution in [0.4, 0.5) is 0 Å². The molecule has 3 aromatic carbocycles. The average Bonchev–Trinajstić information content (AvgIpc) is 3.44. The Balaban J connectivity index is 1.53. The lowest BCUT2D eigenvalue weighted by Gasteiger charge is -2.32. The number of esters is 3. The SMILES string of the molecule is CCC(=O)O[C@H]1[C@H](N2C=CC(=O)CC2=O)O[C@@](COP(=O)(N[C@@H](C)C(=O)OCc2ccccc2)Oc2cccc3ccccc23)(N=[N+]=[N-])[C@H]1OC(=O)CC. The lowest BCUT2D eigenvalue weighted by molar-refractivity contribution is -0.172. The van der Waals surface area contributed by atoms with Crippen molar-refractivity contribution < 1.29 is 56.5 Å². The van der Waals surface area contributed by atoms with E-state index in [1.807, 2.05) is 0 Å². The van der Waals surface area contributed by atoms with Crippen LogP contribution in [-0.2, 0) is 58.6 Å². The number of nitrogens with zero attached hydrogens (tertiary/aromatic N) is 4. The van der Waals surface area contributed by atoms with Crippen molar-refractivity contribution in [1.29, 1.82) is 0 Å². The zero-order valence-electron chi connectivity index (χ0n) is 29.6. The second-order valence-corrected chi connectivity index (χ2v) is 13.9. The van der Waals surface area contributed by atoms with E-state index in [0.717, 1.165) is 17.2 Å². The third-order valence-corrected chi connectivity index (χ3v) is 9.92. The van der Waals surface area contributed by atoms with Gasteiger partial charge in [-0.2, -0.15) is 5.09 Å². The maximum absolute atomic E-state index is 14.8. The van der Waals surface area contributed by atoms with E-state index in [-0.39, 0.29) is 25.2 Å². The topological polar surface area (TPSA) is 222 Å². The van der Waals surface area contributed by atoms with Crippen molar-refractivity contribution in [2.45, 2.75) is 76.8 Å². The molecule has 6 atom stereocenters. The third kappa shape index (κ3) is 9.31. The Morgan fingerprint density at radius 2 is 1.70 bits per heavy atom. The van der Waals surface area contributed by atoms with Gasteiger partial charge in [-0.1, -0.05) is 85.7 Å². The Kier molecular flexibility index (Phi) is 12.8. The number of allylic oxidation sites excluding steroid dienone is 1. The van der Waals surface area contributed by atoms with Gasteiger partial charge in [-0.3, -0.25) is 33.4 Å². The molecule has 0 bridgehead atoms. The van der Waals surface area contributed by atoms with Crippen molar-refractivity contribution in [3.63, 3.8) is 0 Å². The number of nitrogens with one attached hydrogen (secondary N) is 1. The molecule has 5 rings (SSSR count). The molecule has 1 N–H and O–H groups in total. The van der Waals surface area contributed by atoms with Gasteiger partial charge in [0.25, 0.3) is 0 Å². The fourth-order valence-electron chi connectivity index (χ4n) is 5.59. The van der Waals surface area contributed by atoms with E-state index in [1.165, 1.54) is 26.8 Å². The number of azide groups is 1. The molecule has 17 nitrogen and oxygen atoms in total. The second-order valence-electron chi connectivity index (χ2n) is 12.2. The highest BCUT2D eigenvalue weighted by Crippen LogP contribution is 2.50. The molecule has 284 valence electrons. The van der Waals surface area contributed by atoms with Gasteiger partial charge >= 0.3 is 25.7 Å². The molecule has 0 aromatic heterocycles. The highest BCUT2D eigenvalue weighted by molar-refractivity contribution is 7.52. The number of carbonyl (C=O) groups is 5. The van der Waals surface area contributed by atoms with Gasteiger partial charge in [-0.25, -0.2) is 4.57 Å².